The minimum absolute atomic E-state index is 0.0613. The summed E-state index contributed by atoms with van der Waals surface area (Å²) in [6, 6.07) is 9.21. The molecule has 2 aromatic rings. The highest BCUT2D eigenvalue weighted by Crippen LogP contribution is 2.14. The fourth-order valence-electron chi connectivity index (χ4n) is 1.88. The quantitative estimate of drug-likeness (QED) is 0.636. The van der Waals surface area contributed by atoms with E-state index in [4.69, 9.17) is 15.9 Å². The molecule has 0 bridgehead atoms. The highest BCUT2D eigenvalue weighted by molar-refractivity contribution is 5.94. The Bertz CT molecular complexity index is 572. The number of nitrogens with one attached hydrogen (secondary N) is 1. The lowest BCUT2D eigenvalue weighted by molar-refractivity contribution is 0.292. The number of hydrogen-bond donors (Lipinski definition) is 2. The van der Waals surface area contributed by atoms with Gasteiger partial charge in [-0.1, -0.05) is 0 Å². The van der Waals surface area contributed by atoms with E-state index in [2.05, 4.69) is 12.0 Å². The van der Waals surface area contributed by atoms with Crippen LogP contribution in [-0.4, -0.2) is 15.6 Å². The summed E-state index contributed by atoms with van der Waals surface area (Å²) >= 11 is 0. The molecule has 5 heteroatoms. The lowest BCUT2D eigenvalue weighted by atomic mass is 10.2. The molecule has 1 heterocycles. The topological polar surface area (TPSA) is 76.9 Å². The Labute approximate surface area is 112 Å². The summed E-state index contributed by atoms with van der Waals surface area (Å²) in [4.78, 5) is 0. The molecular weight excluding hydrogens is 240 g/mol. The third kappa shape index (κ3) is 3.13. The predicted molar refractivity (Wildman–Crippen MR) is 74.4 cm³/mol. The van der Waals surface area contributed by atoms with E-state index in [1.165, 1.54) is 0 Å². The molecule has 0 aliphatic carbocycles. The second-order valence-corrected chi connectivity index (χ2v) is 4.32. The summed E-state index contributed by atoms with van der Waals surface area (Å²) in [5.74, 6) is 0.817. The molecule has 0 aliphatic heterocycles. The highest BCUT2D eigenvalue weighted by atomic mass is 16.5. The Morgan fingerprint density at radius 2 is 2.05 bits per heavy atom. The van der Waals surface area contributed by atoms with E-state index < -0.39 is 0 Å². The number of nitrogens with zero attached hydrogens (tertiary/aromatic N) is 2. The number of amidine groups is 1. The monoisotopic (exact) mass is 258 g/mol. The fraction of sp³-hybridized carbons (Fsp3) is 0.286. The third-order valence-electron chi connectivity index (χ3n) is 2.84. The minimum Gasteiger partial charge on any atom is -0.487 e. The second kappa shape index (κ2) is 5.56. The largest absolute Gasteiger partial charge is 0.487 e. The van der Waals surface area contributed by atoms with E-state index in [1.807, 2.05) is 29.8 Å². The van der Waals surface area contributed by atoms with Crippen LogP contribution in [0.1, 0.15) is 23.9 Å². The third-order valence-corrected chi connectivity index (χ3v) is 2.84. The number of hydrogen-bond acceptors (Lipinski definition) is 3. The molecule has 0 saturated heterocycles. The maximum Gasteiger partial charge on any atom is 0.130 e. The molecule has 0 radical (unpaired) electrons. The molecule has 1 aromatic heterocycles. The number of nitrogens with two attached hydrogens (primary N) is 1. The van der Waals surface area contributed by atoms with Gasteiger partial charge in [0, 0.05) is 12.1 Å². The van der Waals surface area contributed by atoms with E-state index >= 15 is 0 Å². The Kier molecular flexibility index (Phi) is 3.85. The van der Waals surface area contributed by atoms with Gasteiger partial charge in [-0.25, -0.2) is 0 Å². The van der Waals surface area contributed by atoms with E-state index in [0.717, 1.165) is 23.7 Å². The average molecular weight is 258 g/mol. The van der Waals surface area contributed by atoms with Crippen molar-refractivity contribution in [3.63, 3.8) is 0 Å². The molecule has 100 valence electrons. The summed E-state index contributed by atoms with van der Waals surface area (Å²) in [6.45, 7) is 5.33. The molecule has 1 aromatic carbocycles. The van der Waals surface area contributed by atoms with E-state index in [0.29, 0.717) is 12.2 Å². The van der Waals surface area contributed by atoms with Crippen molar-refractivity contribution in [2.24, 2.45) is 5.73 Å². The molecule has 0 fully saturated rings. The van der Waals surface area contributed by atoms with E-state index in [1.54, 1.807) is 12.1 Å². The molecule has 3 N–H and O–H groups in total. The smallest absolute Gasteiger partial charge is 0.130 e. The number of nitrogen functional groups attached to an aromatic ring is 1. The zero-order valence-electron chi connectivity index (χ0n) is 11.2. The van der Waals surface area contributed by atoms with Crippen molar-refractivity contribution in [3.05, 3.63) is 47.3 Å². The van der Waals surface area contributed by atoms with Crippen LogP contribution in [-0.2, 0) is 13.2 Å². The number of ether oxygens (including phenoxy) is 1. The van der Waals surface area contributed by atoms with Crippen molar-refractivity contribution in [1.29, 1.82) is 5.41 Å². The minimum atomic E-state index is 0.0613. The summed E-state index contributed by atoms with van der Waals surface area (Å²) < 4.78 is 7.64. The van der Waals surface area contributed by atoms with Crippen LogP contribution >= 0.6 is 0 Å². The van der Waals surface area contributed by atoms with Crippen molar-refractivity contribution in [3.8, 4) is 5.75 Å². The number of benzene rings is 1. The van der Waals surface area contributed by atoms with Crippen molar-refractivity contribution in [2.45, 2.75) is 27.0 Å². The van der Waals surface area contributed by atoms with Gasteiger partial charge in [-0.15, -0.1) is 0 Å². The molecular formula is C14H18N4O. The van der Waals surface area contributed by atoms with Gasteiger partial charge in [-0.2, -0.15) is 5.10 Å². The van der Waals surface area contributed by atoms with Gasteiger partial charge in [0.1, 0.15) is 18.2 Å². The van der Waals surface area contributed by atoms with Gasteiger partial charge in [0.05, 0.1) is 11.4 Å². The van der Waals surface area contributed by atoms with Crippen molar-refractivity contribution in [2.75, 3.05) is 0 Å². The molecule has 19 heavy (non-hydrogen) atoms. The van der Waals surface area contributed by atoms with Gasteiger partial charge in [-0.3, -0.25) is 10.1 Å². The standard InChI is InChI=1S/C14H18N4O/c1-3-18-12(8-10(2)17-18)9-19-13-6-4-11(5-7-13)14(15)16/h4-8H,3,9H2,1-2H3,(H3,15,16). The number of aromatic nitrogens is 2. The summed E-state index contributed by atoms with van der Waals surface area (Å²) in [7, 11) is 0. The van der Waals surface area contributed by atoms with Crippen LogP contribution in [0.2, 0.25) is 0 Å². The molecule has 0 aliphatic rings. The van der Waals surface area contributed by atoms with Crippen molar-refractivity contribution >= 4 is 5.84 Å². The summed E-state index contributed by atoms with van der Waals surface area (Å²) in [5, 5.41) is 11.7. The first-order chi connectivity index (χ1) is 9.10. The van der Waals surface area contributed by atoms with Gasteiger partial charge in [-0.05, 0) is 44.2 Å². The molecule has 0 spiro atoms. The summed E-state index contributed by atoms with van der Waals surface area (Å²) in [6.07, 6.45) is 0. The lowest BCUT2D eigenvalue weighted by Gasteiger charge is -2.08. The predicted octanol–water partition coefficient (Wildman–Crippen LogP) is 2.07. The molecule has 5 nitrogen and oxygen atoms in total. The van der Waals surface area contributed by atoms with Gasteiger partial charge in [0.2, 0.25) is 0 Å². The van der Waals surface area contributed by atoms with Crippen LogP contribution in [0.4, 0.5) is 0 Å². The molecule has 0 saturated carbocycles. The first kappa shape index (κ1) is 13.1. The SMILES string of the molecule is CCn1nc(C)cc1COc1ccc(C(=N)N)cc1. The maximum absolute atomic E-state index is 7.32. The Balaban J connectivity index is 2.03. The molecule has 0 unspecified atom stereocenters. The zero-order chi connectivity index (χ0) is 13.8. The van der Waals surface area contributed by atoms with Crippen LogP contribution in [0.3, 0.4) is 0 Å². The Morgan fingerprint density at radius 3 is 2.63 bits per heavy atom. The van der Waals surface area contributed by atoms with Crippen LogP contribution in [0.5, 0.6) is 5.75 Å². The normalized spacial score (nSPS) is 10.4. The zero-order valence-corrected chi connectivity index (χ0v) is 11.2. The maximum atomic E-state index is 7.32. The van der Waals surface area contributed by atoms with Gasteiger partial charge < -0.3 is 10.5 Å². The van der Waals surface area contributed by atoms with E-state index in [9.17, 15) is 0 Å². The van der Waals surface area contributed by atoms with Gasteiger partial charge in [0.25, 0.3) is 0 Å². The first-order valence-corrected chi connectivity index (χ1v) is 6.20. The van der Waals surface area contributed by atoms with Crippen molar-refractivity contribution < 1.29 is 4.74 Å². The Morgan fingerprint density at radius 1 is 1.37 bits per heavy atom. The molecule has 2 rings (SSSR count). The van der Waals surface area contributed by atoms with E-state index in [-0.39, 0.29) is 5.84 Å². The second-order valence-electron chi connectivity index (χ2n) is 4.32. The van der Waals surface area contributed by atoms with Crippen LogP contribution < -0.4 is 10.5 Å². The van der Waals surface area contributed by atoms with Gasteiger partial charge >= 0.3 is 0 Å². The number of rotatable bonds is 5. The average Bonchev–Trinajstić information content (AvgIpc) is 2.77. The lowest BCUT2D eigenvalue weighted by Crippen LogP contribution is -2.10. The van der Waals surface area contributed by atoms with Crippen LogP contribution in [0.25, 0.3) is 0 Å². The van der Waals surface area contributed by atoms with Crippen molar-refractivity contribution in [1.82, 2.24) is 9.78 Å². The number of aryl methyl sites for hydroxylation is 2. The molecule has 0 atom stereocenters. The van der Waals surface area contributed by atoms with Gasteiger partial charge in [0.15, 0.2) is 0 Å². The summed E-state index contributed by atoms with van der Waals surface area (Å²) in [5.41, 5.74) is 8.14. The van der Waals surface area contributed by atoms with Crippen LogP contribution in [0, 0.1) is 12.3 Å². The molecule has 0 amide bonds. The Hall–Kier alpha value is -2.30. The van der Waals surface area contributed by atoms with Crippen LogP contribution in [0.15, 0.2) is 30.3 Å². The fourth-order valence-corrected chi connectivity index (χ4v) is 1.88. The highest BCUT2D eigenvalue weighted by Gasteiger charge is 2.05. The first-order valence-electron chi connectivity index (χ1n) is 6.20.